The number of amides is 1. The largest absolute Gasteiger partial charge is 0.497 e. The number of hydrogen-bond donors (Lipinski definition) is 1. The van der Waals surface area contributed by atoms with Crippen molar-refractivity contribution in [3.05, 3.63) is 120 Å². The predicted molar refractivity (Wildman–Crippen MR) is 155 cm³/mol. The van der Waals surface area contributed by atoms with Gasteiger partial charge in [-0.25, -0.2) is 4.99 Å². The van der Waals surface area contributed by atoms with E-state index in [9.17, 15) is 4.79 Å². The number of benzene rings is 3. The van der Waals surface area contributed by atoms with E-state index < -0.39 is 0 Å². The molecule has 0 unspecified atom stereocenters. The minimum atomic E-state index is -0.0352. The molecule has 0 radical (unpaired) electrons. The summed E-state index contributed by atoms with van der Waals surface area (Å²) in [4.78, 5) is 24.3. The number of aromatic amines is 1. The second kappa shape index (κ2) is 10.5. The number of carbonyl (C=O) groups is 1. The lowest BCUT2D eigenvalue weighted by Gasteiger charge is -2.15. The van der Waals surface area contributed by atoms with Gasteiger partial charge in [0, 0.05) is 41.2 Å². The molecule has 1 N–H and O–H groups in total. The van der Waals surface area contributed by atoms with E-state index in [1.54, 1.807) is 12.0 Å². The van der Waals surface area contributed by atoms with Crippen LogP contribution in [0.4, 0.5) is 5.69 Å². The number of amidine groups is 1. The SMILES string of the molecule is COc1ccc(-n2cccc2/C=C2\SC(=Nc3ccccc3)N(CCc3c[nH]c4ccccc34)C2=O)cc1. The van der Waals surface area contributed by atoms with Crippen LogP contribution in [0.5, 0.6) is 5.75 Å². The van der Waals surface area contributed by atoms with Crippen molar-refractivity contribution in [2.45, 2.75) is 6.42 Å². The Bertz CT molecular complexity index is 1650. The van der Waals surface area contributed by atoms with Gasteiger partial charge < -0.3 is 14.3 Å². The average Bonchev–Trinajstić information content (AvgIpc) is 3.67. The van der Waals surface area contributed by atoms with Crippen LogP contribution in [0.15, 0.2) is 113 Å². The van der Waals surface area contributed by atoms with Gasteiger partial charge in [0.25, 0.3) is 5.91 Å². The molecule has 5 aromatic rings. The number of rotatable bonds is 7. The number of aliphatic imine (C=N–C) groups is 1. The molecule has 1 aliphatic rings. The molecule has 1 fully saturated rings. The van der Waals surface area contributed by atoms with Crippen LogP contribution in [0.2, 0.25) is 0 Å². The number of H-pyrrole nitrogens is 1. The van der Waals surface area contributed by atoms with Crippen molar-refractivity contribution in [2.75, 3.05) is 13.7 Å². The molecule has 2 aromatic heterocycles. The van der Waals surface area contributed by atoms with Crippen LogP contribution in [0, 0.1) is 0 Å². The number of ether oxygens (including phenoxy) is 1. The fourth-order valence-corrected chi connectivity index (χ4v) is 5.61. The third-order valence-electron chi connectivity index (χ3n) is 6.56. The maximum Gasteiger partial charge on any atom is 0.266 e. The van der Waals surface area contributed by atoms with Crippen molar-refractivity contribution in [2.24, 2.45) is 4.99 Å². The fraction of sp³-hybridized carbons (Fsp3) is 0.0968. The van der Waals surface area contributed by atoms with Crippen molar-refractivity contribution in [1.82, 2.24) is 14.5 Å². The second-order valence-corrected chi connectivity index (χ2v) is 9.92. The van der Waals surface area contributed by atoms with Gasteiger partial charge in [0.2, 0.25) is 0 Å². The van der Waals surface area contributed by atoms with Crippen molar-refractivity contribution in [3.63, 3.8) is 0 Å². The molecule has 38 heavy (non-hydrogen) atoms. The quantitative estimate of drug-likeness (QED) is 0.241. The zero-order valence-electron chi connectivity index (χ0n) is 20.9. The molecule has 1 aliphatic heterocycles. The van der Waals surface area contributed by atoms with Crippen molar-refractivity contribution >= 4 is 45.5 Å². The van der Waals surface area contributed by atoms with Crippen LogP contribution in [-0.2, 0) is 11.2 Å². The maximum absolute atomic E-state index is 13.7. The summed E-state index contributed by atoms with van der Waals surface area (Å²) in [6.07, 6.45) is 6.69. The molecule has 0 atom stereocenters. The Morgan fingerprint density at radius 3 is 2.55 bits per heavy atom. The third kappa shape index (κ3) is 4.76. The summed E-state index contributed by atoms with van der Waals surface area (Å²) in [6, 6.07) is 29.9. The molecule has 0 saturated carbocycles. The lowest BCUT2D eigenvalue weighted by molar-refractivity contribution is -0.122. The minimum Gasteiger partial charge on any atom is -0.497 e. The number of para-hydroxylation sites is 2. The first kappa shape index (κ1) is 23.9. The predicted octanol–water partition coefficient (Wildman–Crippen LogP) is 6.81. The summed E-state index contributed by atoms with van der Waals surface area (Å²) in [5, 5.41) is 1.87. The van der Waals surface area contributed by atoms with Crippen LogP contribution in [0.1, 0.15) is 11.3 Å². The number of nitrogens with zero attached hydrogens (tertiary/aromatic N) is 3. The molecule has 6 rings (SSSR count). The topological polar surface area (TPSA) is 62.6 Å². The van der Waals surface area contributed by atoms with E-state index >= 15 is 0 Å². The van der Waals surface area contributed by atoms with E-state index in [0.29, 0.717) is 16.6 Å². The highest BCUT2D eigenvalue weighted by molar-refractivity contribution is 8.18. The van der Waals surface area contributed by atoms with E-state index in [2.05, 4.69) is 21.7 Å². The number of fused-ring (bicyclic) bond motifs is 1. The number of aromatic nitrogens is 2. The fourth-order valence-electron chi connectivity index (χ4n) is 4.60. The van der Waals surface area contributed by atoms with E-state index in [1.165, 1.54) is 22.7 Å². The zero-order chi connectivity index (χ0) is 25.9. The molecule has 1 amide bonds. The van der Waals surface area contributed by atoms with Crippen LogP contribution in [-0.4, -0.2) is 39.2 Å². The Morgan fingerprint density at radius 2 is 1.74 bits per heavy atom. The van der Waals surface area contributed by atoms with E-state index in [4.69, 9.17) is 9.73 Å². The molecule has 0 bridgehead atoms. The van der Waals surface area contributed by atoms with Gasteiger partial charge in [0.1, 0.15) is 5.75 Å². The van der Waals surface area contributed by atoms with Gasteiger partial charge in [-0.05, 0) is 84.4 Å². The Labute approximate surface area is 225 Å². The highest BCUT2D eigenvalue weighted by atomic mass is 32.2. The molecule has 3 heterocycles. The Balaban J connectivity index is 1.31. The zero-order valence-corrected chi connectivity index (χ0v) is 21.7. The molecular formula is C31H26N4O2S. The van der Waals surface area contributed by atoms with Gasteiger partial charge in [-0.1, -0.05) is 36.4 Å². The Kier molecular flexibility index (Phi) is 6.58. The summed E-state index contributed by atoms with van der Waals surface area (Å²) in [5.41, 5.74) is 5.02. The van der Waals surface area contributed by atoms with Crippen molar-refractivity contribution < 1.29 is 9.53 Å². The molecule has 3 aromatic carbocycles. The van der Waals surface area contributed by atoms with Gasteiger partial charge in [0.05, 0.1) is 17.7 Å². The van der Waals surface area contributed by atoms with Crippen LogP contribution >= 0.6 is 11.8 Å². The molecular weight excluding hydrogens is 492 g/mol. The van der Waals surface area contributed by atoms with Gasteiger partial charge >= 0.3 is 0 Å². The number of hydrogen-bond acceptors (Lipinski definition) is 4. The maximum atomic E-state index is 13.7. The van der Waals surface area contributed by atoms with Crippen molar-refractivity contribution in [3.8, 4) is 11.4 Å². The molecule has 7 heteroatoms. The van der Waals surface area contributed by atoms with E-state index in [0.717, 1.165) is 34.8 Å². The lowest BCUT2D eigenvalue weighted by atomic mass is 10.1. The number of nitrogens with one attached hydrogen (secondary N) is 1. The average molecular weight is 519 g/mol. The molecule has 1 saturated heterocycles. The smallest absolute Gasteiger partial charge is 0.266 e. The van der Waals surface area contributed by atoms with Crippen molar-refractivity contribution in [1.29, 1.82) is 0 Å². The first-order valence-corrected chi connectivity index (χ1v) is 13.2. The Morgan fingerprint density at radius 1 is 0.947 bits per heavy atom. The van der Waals surface area contributed by atoms with Gasteiger partial charge in [-0.3, -0.25) is 9.69 Å². The summed E-state index contributed by atoms with van der Waals surface area (Å²) in [6.45, 7) is 0.538. The number of carbonyl (C=O) groups excluding carboxylic acids is 1. The summed E-state index contributed by atoms with van der Waals surface area (Å²) in [5.74, 6) is 0.766. The van der Waals surface area contributed by atoms with Gasteiger partial charge in [-0.15, -0.1) is 0 Å². The van der Waals surface area contributed by atoms with E-state index in [-0.39, 0.29) is 5.91 Å². The first-order valence-electron chi connectivity index (χ1n) is 12.4. The highest BCUT2D eigenvalue weighted by Gasteiger charge is 2.33. The summed E-state index contributed by atoms with van der Waals surface area (Å²) in [7, 11) is 1.66. The molecule has 6 nitrogen and oxygen atoms in total. The molecule has 188 valence electrons. The number of methoxy groups -OCH3 is 1. The molecule has 0 aliphatic carbocycles. The van der Waals surface area contributed by atoms with Crippen LogP contribution in [0.3, 0.4) is 0 Å². The highest BCUT2D eigenvalue weighted by Crippen LogP contribution is 2.35. The first-order chi connectivity index (χ1) is 18.7. The monoisotopic (exact) mass is 518 g/mol. The molecule has 0 spiro atoms. The number of thioether (sulfide) groups is 1. The third-order valence-corrected chi connectivity index (χ3v) is 7.57. The Hall–Kier alpha value is -4.49. The van der Waals surface area contributed by atoms with Gasteiger partial charge in [0.15, 0.2) is 5.17 Å². The van der Waals surface area contributed by atoms with Gasteiger partial charge in [-0.2, -0.15) is 0 Å². The van der Waals surface area contributed by atoms with Crippen LogP contribution < -0.4 is 4.74 Å². The standard InChI is InChI=1S/C31H26N4O2S/c1-37-26-15-13-24(14-16-26)34-18-7-10-25(34)20-29-30(36)35(31(38-29)33-23-8-3-2-4-9-23)19-17-22-21-32-28-12-6-5-11-27(22)28/h2-16,18,20-21,32H,17,19H2,1H3/b29-20-,33-31?. The second-order valence-electron chi connectivity index (χ2n) is 8.91. The minimum absolute atomic E-state index is 0.0352. The normalized spacial score (nSPS) is 15.7. The summed E-state index contributed by atoms with van der Waals surface area (Å²) >= 11 is 1.42. The summed E-state index contributed by atoms with van der Waals surface area (Å²) < 4.78 is 7.35. The van der Waals surface area contributed by atoms with E-state index in [1.807, 2.05) is 97.3 Å². The lowest BCUT2D eigenvalue weighted by Crippen LogP contribution is -2.31. The van der Waals surface area contributed by atoms with Crippen LogP contribution in [0.25, 0.3) is 22.7 Å².